The van der Waals surface area contributed by atoms with E-state index in [9.17, 15) is 4.79 Å². The molecule has 0 aliphatic carbocycles. The quantitative estimate of drug-likeness (QED) is 0.888. The zero-order valence-electron chi connectivity index (χ0n) is 12.0. The van der Waals surface area contributed by atoms with E-state index in [1.807, 2.05) is 4.90 Å². The SMILES string of the molecule is COc1ccc(C(=O)N2CCC(CCO)C2)cc1OC. The molecule has 20 heavy (non-hydrogen) atoms. The number of amides is 1. The Morgan fingerprint density at radius 2 is 2.10 bits per heavy atom. The summed E-state index contributed by atoms with van der Waals surface area (Å²) in [6.45, 7) is 1.65. The number of aliphatic hydroxyl groups is 1. The van der Waals surface area contributed by atoms with Gasteiger partial charge in [-0.25, -0.2) is 0 Å². The highest BCUT2D eigenvalue weighted by Crippen LogP contribution is 2.29. The fourth-order valence-corrected chi connectivity index (χ4v) is 2.59. The fraction of sp³-hybridized carbons (Fsp3) is 0.533. The summed E-state index contributed by atoms with van der Waals surface area (Å²) in [6.07, 6.45) is 1.72. The molecule has 2 rings (SSSR count). The molecule has 1 unspecified atom stereocenters. The summed E-state index contributed by atoms with van der Waals surface area (Å²) in [5, 5.41) is 8.96. The van der Waals surface area contributed by atoms with Crippen LogP contribution in [0.2, 0.25) is 0 Å². The predicted molar refractivity (Wildman–Crippen MR) is 75.3 cm³/mol. The highest BCUT2D eigenvalue weighted by Gasteiger charge is 2.26. The summed E-state index contributed by atoms with van der Waals surface area (Å²) in [6, 6.07) is 5.21. The van der Waals surface area contributed by atoms with Crippen molar-refractivity contribution in [2.24, 2.45) is 5.92 Å². The van der Waals surface area contributed by atoms with Crippen molar-refractivity contribution in [3.05, 3.63) is 23.8 Å². The topological polar surface area (TPSA) is 59.0 Å². The van der Waals surface area contributed by atoms with Crippen LogP contribution in [0.1, 0.15) is 23.2 Å². The first-order valence-corrected chi connectivity index (χ1v) is 6.81. The van der Waals surface area contributed by atoms with E-state index in [1.54, 1.807) is 32.4 Å². The van der Waals surface area contributed by atoms with Crippen LogP contribution >= 0.6 is 0 Å². The van der Waals surface area contributed by atoms with E-state index in [2.05, 4.69) is 0 Å². The molecule has 110 valence electrons. The molecule has 0 saturated carbocycles. The monoisotopic (exact) mass is 279 g/mol. The van der Waals surface area contributed by atoms with Crippen molar-refractivity contribution in [3.63, 3.8) is 0 Å². The van der Waals surface area contributed by atoms with Gasteiger partial charge in [-0.3, -0.25) is 4.79 Å². The fourth-order valence-electron chi connectivity index (χ4n) is 2.59. The maximum Gasteiger partial charge on any atom is 0.254 e. The van der Waals surface area contributed by atoms with E-state index in [0.29, 0.717) is 29.5 Å². The second kappa shape index (κ2) is 6.61. The minimum absolute atomic E-state index is 0.00592. The Labute approximate surface area is 119 Å². The Morgan fingerprint density at radius 1 is 1.35 bits per heavy atom. The highest BCUT2D eigenvalue weighted by molar-refractivity contribution is 5.95. The summed E-state index contributed by atoms with van der Waals surface area (Å²) < 4.78 is 10.4. The lowest BCUT2D eigenvalue weighted by Gasteiger charge is -2.17. The lowest BCUT2D eigenvalue weighted by atomic mass is 10.1. The van der Waals surface area contributed by atoms with Gasteiger partial charge in [0.05, 0.1) is 14.2 Å². The second-order valence-corrected chi connectivity index (χ2v) is 4.99. The summed E-state index contributed by atoms with van der Waals surface area (Å²) in [7, 11) is 3.12. The number of hydrogen-bond acceptors (Lipinski definition) is 4. The summed E-state index contributed by atoms with van der Waals surface area (Å²) >= 11 is 0. The minimum Gasteiger partial charge on any atom is -0.493 e. The molecule has 1 fully saturated rings. The predicted octanol–water partition coefficient (Wildman–Crippen LogP) is 1.55. The Balaban J connectivity index is 2.10. The zero-order chi connectivity index (χ0) is 14.5. The van der Waals surface area contributed by atoms with Crippen molar-refractivity contribution in [1.29, 1.82) is 0 Å². The molecular weight excluding hydrogens is 258 g/mol. The zero-order valence-corrected chi connectivity index (χ0v) is 12.0. The van der Waals surface area contributed by atoms with Crippen molar-refractivity contribution in [2.75, 3.05) is 33.9 Å². The third-order valence-electron chi connectivity index (χ3n) is 3.74. The smallest absolute Gasteiger partial charge is 0.254 e. The Morgan fingerprint density at radius 3 is 2.75 bits per heavy atom. The van der Waals surface area contributed by atoms with Crippen LogP contribution < -0.4 is 9.47 Å². The lowest BCUT2D eigenvalue weighted by Crippen LogP contribution is -2.28. The maximum atomic E-state index is 12.4. The maximum absolute atomic E-state index is 12.4. The van der Waals surface area contributed by atoms with Crippen molar-refractivity contribution in [3.8, 4) is 11.5 Å². The van der Waals surface area contributed by atoms with Crippen LogP contribution in [0.5, 0.6) is 11.5 Å². The van der Waals surface area contributed by atoms with Crippen LogP contribution in [0.25, 0.3) is 0 Å². The van der Waals surface area contributed by atoms with Gasteiger partial charge in [0.1, 0.15) is 0 Å². The Bertz CT molecular complexity index is 475. The normalized spacial score (nSPS) is 18.1. The van der Waals surface area contributed by atoms with Gasteiger partial charge in [-0.15, -0.1) is 0 Å². The van der Waals surface area contributed by atoms with Crippen LogP contribution in [0.3, 0.4) is 0 Å². The number of methoxy groups -OCH3 is 2. The van der Waals surface area contributed by atoms with E-state index in [0.717, 1.165) is 19.4 Å². The highest BCUT2D eigenvalue weighted by atomic mass is 16.5. The summed E-state index contributed by atoms with van der Waals surface area (Å²) in [5.74, 6) is 1.59. The number of hydrogen-bond donors (Lipinski definition) is 1. The number of rotatable bonds is 5. The molecule has 1 amide bonds. The van der Waals surface area contributed by atoms with E-state index in [4.69, 9.17) is 14.6 Å². The number of ether oxygens (including phenoxy) is 2. The van der Waals surface area contributed by atoms with Gasteiger partial charge in [0.2, 0.25) is 0 Å². The van der Waals surface area contributed by atoms with E-state index in [-0.39, 0.29) is 12.5 Å². The molecule has 1 N–H and O–H groups in total. The Kier molecular flexibility index (Phi) is 4.84. The molecule has 1 atom stereocenters. The molecule has 1 aliphatic heterocycles. The molecule has 1 saturated heterocycles. The largest absolute Gasteiger partial charge is 0.493 e. The molecule has 0 bridgehead atoms. The van der Waals surface area contributed by atoms with E-state index >= 15 is 0 Å². The third kappa shape index (κ3) is 3.04. The second-order valence-electron chi connectivity index (χ2n) is 4.99. The summed E-state index contributed by atoms with van der Waals surface area (Å²) in [5.41, 5.74) is 0.604. The number of likely N-dealkylation sites (tertiary alicyclic amines) is 1. The van der Waals surface area contributed by atoms with E-state index < -0.39 is 0 Å². The van der Waals surface area contributed by atoms with Gasteiger partial charge in [0.15, 0.2) is 11.5 Å². The number of nitrogens with zero attached hydrogens (tertiary/aromatic N) is 1. The molecule has 5 nitrogen and oxygen atoms in total. The molecule has 1 aromatic rings. The van der Waals surface area contributed by atoms with Crippen LogP contribution in [0, 0.1) is 5.92 Å². The van der Waals surface area contributed by atoms with Crippen LogP contribution in [-0.2, 0) is 0 Å². The number of aliphatic hydroxyl groups excluding tert-OH is 1. The van der Waals surface area contributed by atoms with Gasteiger partial charge in [-0.05, 0) is 37.0 Å². The average molecular weight is 279 g/mol. The first-order valence-electron chi connectivity index (χ1n) is 6.81. The minimum atomic E-state index is 0.00592. The number of carbonyl (C=O) groups is 1. The van der Waals surface area contributed by atoms with Crippen LogP contribution in [-0.4, -0.2) is 49.8 Å². The van der Waals surface area contributed by atoms with Crippen molar-refractivity contribution < 1.29 is 19.4 Å². The molecule has 1 aliphatic rings. The summed E-state index contributed by atoms with van der Waals surface area (Å²) in [4.78, 5) is 14.3. The molecular formula is C15H21NO4. The molecule has 0 aromatic heterocycles. The van der Waals surface area contributed by atoms with Gasteiger partial charge in [0.25, 0.3) is 5.91 Å². The van der Waals surface area contributed by atoms with Gasteiger partial charge < -0.3 is 19.5 Å². The standard InChI is InChI=1S/C15H21NO4/c1-19-13-4-3-12(9-14(13)20-2)15(18)16-7-5-11(10-16)6-8-17/h3-4,9,11,17H,5-8,10H2,1-2H3. The molecule has 0 radical (unpaired) electrons. The number of carbonyl (C=O) groups excluding carboxylic acids is 1. The van der Waals surface area contributed by atoms with Crippen molar-refractivity contribution >= 4 is 5.91 Å². The Hall–Kier alpha value is -1.75. The first kappa shape index (κ1) is 14.7. The molecule has 1 heterocycles. The van der Waals surface area contributed by atoms with Crippen molar-refractivity contribution in [1.82, 2.24) is 4.90 Å². The van der Waals surface area contributed by atoms with Crippen LogP contribution in [0.15, 0.2) is 18.2 Å². The van der Waals surface area contributed by atoms with Gasteiger partial charge in [0, 0.05) is 25.3 Å². The number of benzene rings is 1. The average Bonchev–Trinajstić information content (AvgIpc) is 2.94. The van der Waals surface area contributed by atoms with Gasteiger partial charge in [-0.2, -0.15) is 0 Å². The lowest BCUT2D eigenvalue weighted by molar-refractivity contribution is 0.0784. The van der Waals surface area contributed by atoms with Crippen molar-refractivity contribution in [2.45, 2.75) is 12.8 Å². The van der Waals surface area contributed by atoms with E-state index in [1.165, 1.54) is 0 Å². The first-order chi connectivity index (χ1) is 9.69. The molecule has 0 spiro atoms. The van der Waals surface area contributed by atoms with Crippen LogP contribution in [0.4, 0.5) is 0 Å². The van der Waals surface area contributed by atoms with Gasteiger partial charge >= 0.3 is 0 Å². The third-order valence-corrected chi connectivity index (χ3v) is 3.74. The molecule has 5 heteroatoms. The van der Waals surface area contributed by atoms with Gasteiger partial charge in [-0.1, -0.05) is 0 Å². The molecule has 1 aromatic carbocycles.